The quantitative estimate of drug-likeness (QED) is 0.791. The van der Waals surface area contributed by atoms with Gasteiger partial charge in [0.15, 0.2) is 0 Å². The number of rotatable bonds is 2. The molecule has 100 valence electrons. The van der Waals surface area contributed by atoms with E-state index < -0.39 is 0 Å². The summed E-state index contributed by atoms with van der Waals surface area (Å²) in [5.41, 5.74) is 1.22. The standard InChI is InChI=1S/C13H20IN3S/c1-13(2,3)10-9(14)12(15-4)17-11(16-10)8-6-5-7-18-8/h8H,5-7H2,1-4H3,(H,15,16,17). The van der Waals surface area contributed by atoms with Gasteiger partial charge in [0.25, 0.3) is 0 Å². The predicted octanol–water partition coefficient (Wildman–Crippen LogP) is 3.99. The molecule has 0 radical (unpaired) electrons. The fraction of sp³-hybridized carbons (Fsp3) is 0.692. The highest BCUT2D eigenvalue weighted by Crippen LogP contribution is 2.40. The van der Waals surface area contributed by atoms with Crippen LogP contribution in [0.4, 0.5) is 5.82 Å². The van der Waals surface area contributed by atoms with Crippen LogP contribution in [0.5, 0.6) is 0 Å². The molecule has 2 rings (SSSR count). The summed E-state index contributed by atoms with van der Waals surface area (Å²) in [6.45, 7) is 6.63. The van der Waals surface area contributed by atoms with Gasteiger partial charge in [-0.25, -0.2) is 9.97 Å². The Morgan fingerprint density at radius 1 is 1.33 bits per heavy atom. The number of aromatic nitrogens is 2. The molecule has 0 amide bonds. The summed E-state index contributed by atoms with van der Waals surface area (Å²) in [7, 11) is 1.93. The minimum absolute atomic E-state index is 0.0586. The highest BCUT2D eigenvalue weighted by Gasteiger charge is 2.27. The Bertz CT molecular complexity index is 437. The smallest absolute Gasteiger partial charge is 0.144 e. The van der Waals surface area contributed by atoms with Crippen LogP contribution >= 0.6 is 34.4 Å². The van der Waals surface area contributed by atoms with Crippen LogP contribution in [0.2, 0.25) is 0 Å². The van der Waals surface area contributed by atoms with Crippen molar-refractivity contribution in [2.24, 2.45) is 0 Å². The Hall–Kier alpha value is -0.0400. The molecule has 1 unspecified atom stereocenters. The Kier molecular flexibility index (Phi) is 4.41. The average Bonchev–Trinajstić information content (AvgIpc) is 2.81. The predicted molar refractivity (Wildman–Crippen MR) is 87.4 cm³/mol. The van der Waals surface area contributed by atoms with Crippen LogP contribution in [0.15, 0.2) is 0 Å². The normalized spacial score (nSPS) is 20.2. The van der Waals surface area contributed by atoms with E-state index in [-0.39, 0.29) is 5.41 Å². The number of nitrogens with zero attached hydrogens (tertiary/aromatic N) is 2. The van der Waals surface area contributed by atoms with Gasteiger partial charge in [0.1, 0.15) is 11.6 Å². The Labute approximate surface area is 127 Å². The monoisotopic (exact) mass is 377 g/mol. The molecule has 1 saturated heterocycles. The number of thioether (sulfide) groups is 1. The second-order valence-corrected chi connectivity index (χ2v) is 7.98. The average molecular weight is 377 g/mol. The van der Waals surface area contributed by atoms with E-state index in [4.69, 9.17) is 9.97 Å². The summed E-state index contributed by atoms with van der Waals surface area (Å²) in [5.74, 6) is 3.21. The molecule has 1 aromatic rings. The second-order valence-electron chi connectivity index (χ2n) is 5.59. The van der Waals surface area contributed by atoms with Gasteiger partial charge in [-0.1, -0.05) is 20.8 Å². The van der Waals surface area contributed by atoms with Gasteiger partial charge in [0.2, 0.25) is 0 Å². The summed E-state index contributed by atoms with van der Waals surface area (Å²) >= 11 is 4.34. The summed E-state index contributed by atoms with van der Waals surface area (Å²) in [5, 5.41) is 3.69. The van der Waals surface area contributed by atoms with Crippen LogP contribution in [0.25, 0.3) is 0 Å². The number of hydrogen-bond donors (Lipinski definition) is 1. The summed E-state index contributed by atoms with van der Waals surface area (Å²) in [4.78, 5) is 9.55. The highest BCUT2D eigenvalue weighted by atomic mass is 127. The molecule has 5 heteroatoms. The number of nitrogens with one attached hydrogen (secondary N) is 1. The lowest BCUT2D eigenvalue weighted by Crippen LogP contribution is -2.19. The molecule has 3 nitrogen and oxygen atoms in total. The Morgan fingerprint density at radius 3 is 2.56 bits per heavy atom. The fourth-order valence-electron chi connectivity index (χ4n) is 2.05. The molecular formula is C13H20IN3S. The molecule has 0 bridgehead atoms. The van der Waals surface area contributed by atoms with Crippen molar-refractivity contribution in [2.45, 2.75) is 44.3 Å². The van der Waals surface area contributed by atoms with E-state index in [1.807, 2.05) is 18.8 Å². The third kappa shape index (κ3) is 2.92. The number of hydrogen-bond acceptors (Lipinski definition) is 4. The van der Waals surface area contributed by atoms with E-state index in [2.05, 4.69) is 48.7 Å². The lowest BCUT2D eigenvalue weighted by Gasteiger charge is -2.22. The molecule has 1 aliphatic heterocycles. The van der Waals surface area contributed by atoms with Crippen LogP contribution in [-0.4, -0.2) is 22.8 Å². The number of anilines is 1. The van der Waals surface area contributed by atoms with Crippen molar-refractivity contribution in [1.29, 1.82) is 0 Å². The zero-order valence-corrected chi connectivity index (χ0v) is 14.4. The van der Waals surface area contributed by atoms with Gasteiger partial charge in [0, 0.05) is 12.5 Å². The first-order valence-electron chi connectivity index (χ1n) is 6.30. The van der Waals surface area contributed by atoms with Gasteiger partial charge in [0.05, 0.1) is 14.5 Å². The molecule has 1 aromatic heterocycles. The van der Waals surface area contributed by atoms with Gasteiger partial charge in [-0.3, -0.25) is 0 Å². The first-order valence-corrected chi connectivity index (χ1v) is 8.43. The second kappa shape index (κ2) is 5.53. The minimum atomic E-state index is 0.0586. The van der Waals surface area contributed by atoms with Crippen LogP contribution in [0, 0.1) is 3.57 Å². The van der Waals surface area contributed by atoms with E-state index in [0.717, 1.165) is 20.9 Å². The van der Waals surface area contributed by atoms with E-state index in [1.54, 1.807) is 0 Å². The van der Waals surface area contributed by atoms with Crippen LogP contribution < -0.4 is 5.32 Å². The van der Waals surface area contributed by atoms with Crippen molar-refractivity contribution in [3.63, 3.8) is 0 Å². The topological polar surface area (TPSA) is 37.8 Å². The third-order valence-corrected chi connectivity index (χ3v) is 5.43. The SMILES string of the molecule is CNc1nc(C2CCCS2)nc(C(C)(C)C)c1I. The number of halogens is 1. The van der Waals surface area contributed by atoms with Gasteiger partial charge in [-0.2, -0.15) is 11.8 Å². The van der Waals surface area contributed by atoms with Crippen LogP contribution in [0.3, 0.4) is 0 Å². The molecule has 1 aliphatic rings. The largest absolute Gasteiger partial charge is 0.372 e. The maximum absolute atomic E-state index is 4.85. The van der Waals surface area contributed by atoms with Gasteiger partial charge in [-0.15, -0.1) is 0 Å². The van der Waals surface area contributed by atoms with Gasteiger partial charge in [-0.05, 0) is 41.2 Å². The van der Waals surface area contributed by atoms with E-state index >= 15 is 0 Å². The molecule has 1 fully saturated rings. The van der Waals surface area contributed by atoms with Crippen LogP contribution in [0.1, 0.15) is 50.4 Å². The van der Waals surface area contributed by atoms with Crippen molar-refractivity contribution in [2.75, 3.05) is 18.1 Å². The van der Waals surface area contributed by atoms with E-state index in [1.165, 1.54) is 18.6 Å². The van der Waals surface area contributed by atoms with Gasteiger partial charge >= 0.3 is 0 Å². The van der Waals surface area contributed by atoms with Crippen molar-refractivity contribution in [3.8, 4) is 0 Å². The van der Waals surface area contributed by atoms with E-state index in [0.29, 0.717) is 5.25 Å². The first-order chi connectivity index (χ1) is 8.43. The van der Waals surface area contributed by atoms with Crippen molar-refractivity contribution < 1.29 is 0 Å². The zero-order chi connectivity index (χ0) is 13.3. The highest BCUT2D eigenvalue weighted by molar-refractivity contribution is 14.1. The lowest BCUT2D eigenvalue weighted by atomic mass is 9.92. The first kappa shape index (κ1) is 14.4. The maximum atomic E-state index is 4.85. The minimum Gasteiger partial charge on any atom is -0.372 e. The maximum Gasteiger partial charge on any atom is 0.144 e. The summed E-state index contributed by atoms with van der Waals surface area (Å²) in [6, 6.07) is 0. The Morgan fingerprint density at radius 2 is 2.06 bits per heavy atom. The van der Waals surface area contributed by atoms with Crippen molar-refractivity contribution in [3.05, 3.63) is 15.1 Å². The van der Waals surface area contributed by atoms with Crippen LogP contribution in [-0.2, 0) is 5.41 Å². The molecule has 0 saturated carbocycles. The molecule has 2 heterocycles. The molecule has 0 aromatic carbocycles. The summed E-state index contributed by atoms with van der Waals surface area (Å²) in [6.07, 6.45) is 2.49. The molecule has 0 aliphatic carbocycles. The molecule has 0 spiro atoms. The molecule has 1 N–H and O–H groups in total. The fourth-order valence-corrected chi connectivity index (χ4v) is 4.58. The van der Waals surface area contributed by atoms with Crippen molar-refractivity contribution >= 4 is 40.2 Å². The van der Waals surface area contributed by atoms with Gasteiger partial charge < -0.3 is 5.32 Å². The Balaban J connectivity index is 2.48. The molecular weight excluding hydrogens is 357 g/mol. The third-order valence-electron chi connectivity index (χ3n) is 3.03. The van der Waals surface area contributed by atoms with E-state index in [9.17, 15) is 0 Å². The molecule has 1 atom stereocenters. The molecule has 18 heavy (non-hydrogen) atoms. The van der Waals surface area contributed by atoms with Crippen molar-refractivity contribution in [1.82, 2.24) is 9.97 Å². The zero-order valence-electron chi connectivity index (χ0n) is 11.4. The summed E-state index contributed by atoms with van der Waals surface area (Å²) < 4.78 is 1.15. The lowest BCUT2D eigenvalue weighted by molar-refractivity contribution is 0.556.